The van der Waals surface area contributed by atoms with Crippen molar-refractivity contribution in [2.75, 3.05) is 13.6 Å². The Bertz CT molecular complexity index is 915. The maximum atomic E-state index is 13.2. The number of nitrogens with zero attached hydrogens (tertiary/aromatic N) is 2. The Balaban J connectivity index is 1.86. The smallest absolute Gasteiger partial charge is 0.253 e. The molecule has 0 bridgehead atoms. The van der Waals surface area contributed by atoms with Crippen molar-refractivity contribution < 1.29 is 14.0 Å². The topological polar surface area (TPSA) is 61.2 Å². The number of rotatable bonds is 6. The van der Waals surface area contributed by atoms with E-state index in [4.69, 9.17) is 0 Å². The van der Waals surface area contributed by atoms with E-state index in [2.05, 4.69) is 6.07 Å². The fraction of sp³-hybridized carbons (Fsp3) is 0.348. The number of hydrogen-bond donors (Lipinski definition) is 0. The van der Waals surface area contributed by atoms with E-state index >= 15 is 0 Å². The first-order chi connectivity index (χ1) is 13.5. The molecule has 2 aromatic carbocycles. The van der Waals surface area contributed by atoms with Crippen molar-refractivity contribution in [3.8, 4) is 6.07 Å². The van der Waals surface area contributed by atoms with Crippen molar-refractivity contribution in [1.29, 1.82) is 5.26 Å². The van der Waals surface area contributed by atoms with Crippen LogP contribution in [-0.2, 0) is 17.6 Å². The van der Waals surface area contributed by atoms with Gasteiger partial charge in [-0.05, 0) is 66.6 Å². The monoisotopic (exact) mass is 378 g/mol. The molecule has 1 atom stereocenters. The van der Waals surface area contributed by atoms with Crippen molar-refractivity contribution >= 4 is 12.2 Å². The predicted molar refractivity (Wildman–Crippen MR) is 105 cm³/mol. The van der Waals surface area contributed by atoms with E-state index in [0.29, 0.717) is 17.7 Å². The van der Waals surface area contributed by atoms with Crippen molar-refractivity contribution in [2.45, 2.75) is 38.0 Å². The van der Waals surface area contributed by atoms with Gasteiger partial charge in [-0.25, -0.2) is 4.39 Å². The van der Waals surface area contributed by atoms with Gasteiger partial charge in [0.05, 0.1) is 11.6 Å². The molecule has 0 saturated carbocycles. The Kier molecular flexibility index (Phi) is 6.20. The van der Waals surface area contributed by atoms with Gasteiger partial charge in [-0.1, -0.05) is 12.1 Å². The largest absolute Gasteiger partial charge is 0.341 e. The van der Waals surface area contributed by atoms with Gasteiger partial charge in [-0.2, -0.15) is 5.26 Å². The average Bonchev–Trinajstić information content (AvgIpc) is 2.72. The summed E-state index contributed by atoms with van der Waals surface area (Å²) in [4.78, 5) is 25.9. The highest BCUT2D eigenvalue weighted by Crippen LogP contribution is 2.28. The molecule has 1 aliphatic rings. The number of benzene rings is 2. The second-order valence-corrected chi connectivity index (χ2v) is 7.32. The second kappa shape index (κ2) is 8.79. The van der Waals surface area contributed by atoms with E-state index < -0.39 is 0 Å². The third-order valence-corrected chi connectivity index (χ3v) is 5.39. The molecule has 1 unspecified atom stereocenters. The van der Waals surface area contributed by atoms with Crippen LogP contribution >= 0.6 is 0 Å². The van der Waals surface area contributed by atoms with Crippen LogP contribution in [0.4, 0.5) is 4.39 Å². The first-order valence-electron chi connectivity index (χ1n) is 9.54. The molecule has 144 valence electrons. The van der Waals surface area contributed by atoms with Crippen molar-refractivity contribution in [3.05, 3.63) is 70.0 Å². The molecular weight excluding hydrogens is 355 g/mol. The van der Waals surface area contributed by atoms with Gasteiger partial charge in [0.2, 0.25) is 0 Å². The molecular formula is C23H23FN2O2. The minimum Gasteiger partial charge on any atom is -0.341 e. The normalized spacial score (nSPS) is 13.9. The van der Waals surface area contributed by atoms with E-state index in [1.165, 1.54) is 12.1 Å². The average molecular weight is 378 g/mol. The lowest BCUT2D eigenvalue weighted by Gasteiger charge is -2.26. The van der Waals surface area contributed by atoms with Crippen LogP contribution in [-0.4, -0.2) is 30.7 Å². The lowest BCUT2D eigenvalue weighted by Crippen LogP contribution is -2.32. The van der Waals surface area contributed by atoms with Crippen LogP contribution in [0.15, 0.2) is 36.4 Å². The number of carbonyl (C=O) groups excluding carboxylic acids is 2. The van der Waals surface area contributed by atoms with E-state index in [9.17, 15) is 19.2 Å². The standard InChI is InChI=1S/C23H23FN2O2/c1-26(15-19(10-11-27)17-6-8-20(24)9-7-17)23(28)22-13-16(14-25)12-18-4-2-3-5-21(18)22/h6-9,11-13,19H,2-5,10,15H2,1H3. The molecule has 3 rings (SSSR count). The molecule has 28 heavy (non-hydrogen) atoms. The maximum absolute atomic E-state index is 13.2. The molecule has 0 saturated heterocycles. The van der Waals surface area contributed by atoms with Gasteiger partial charge in [0.15, 0.2) is 0 Å². The lowest BCUT2D eigenvalue weighted by atomic mass is 9.86. The number of aldehydes is 1. The molecule has 5 heteroatoms. The molecule has 1 amide bonds. The second-order valence-electron chi connectivity index (χ2n) is 7.32. The quantitative estimate of drug-likeness (QED) is 0.713. The van der Waals surface area contributed by atoms with Gasteiger partial charge in [0, 0.05) is 31.5 Å². The summed E-state index contributed by atoms with van der Waals surface area (Å²) in [6.07, 6.45) is 4.90. The molecule has 4 nitrogen and oxygen atoms in total. The fourth-order valence-corrected chi connectivity index (χ4v) is 3.91. The number of aryl methyl sites for hydroxylation is 1. The Morgan fingerprint density at radius 2 is 1.96 bits per heavy atom. The number of fused-ring (bicyclic) bond motifs is 1. The number of likely N-dealkylation sites (N-methyl/N-ethyl adjacent to an activating group) is 1. The van der Waals surface area contributed by atoms with Crippen molar-refractivity contribution in [3.63, 3.8) is 0 Å². The Hall–Kier alpha value is -3.00. The van der Waals surface area contributed by atoms with Crippen LogP contribution in [0.25, 0.3) is 0 Å². The maximum Gasteiger partial charge on any atom is 0.253 e. The predicted octanol–water partition coefficient (Wildman–Crippen LogP) is 4.02. The Morgan fingerprint density at radius 1 is 1.25 bits per heavy atom. The van der Waals surface area contributed by atoms with Crippen LogP contribution in [0.2, 0.25) is 0 Å². The van der Waals surface area contributed by atoms with Gasteiger partial charge in [0.1, 0.15) is 12.1 Å². The van der Waals surface area contributed by atoms with Crippen LogP contribution in [0, 0.1) is 17.1 Å². The zero-order valence-electron chi connectivity index (χ0n) is 16.0. The molecule has 2 aromatic rings. The summed E-state index contributed by atoms with van der Waals surface area (Å²) in [5, 5.41) is 9.33. The minimum atomic E-state index is -0.335. The van der Waals surface area contributed by atoms with Crippen LogP contribution < -0.4 is 0 Å². The van der Waals surface area contributed by atoms with Crippen LogP contribution in [0.5, 0.6) is 0 Å². The van der Waals surface area contributed by atoms with E-state index in [1.807, 2.05) is 6.07 Å². The van der Waals surface area contributed by atoms with Gasteiger partial charge >= 0.3 is 0 Å². The number of amides is 1. The SMILES string of the molecule is CN(CC(CC=O)c1ccc(F)cc1)C(=O)c1cc(C#N)cc2c1CCCC2. The molecule has 0 spiro atoms. The minimum absolute atomic E-state index is 0.145. The highest BCUT2D eigenvalue weighted by atomic mass is 19.1. The molecule has 0 fully saturated rings. The Labute approximate surface area is 164 Å². The highest BCUT2D eigenvalue weighted by Gasteiger charge is 2.24. The number of nitriles is 1. The van der Waals surface area contributed by atoms with Crippen molar-refractivity contribution in [2.24, 2.45) is 0 Å². The fourth-order valence-electron chi connectivity index (χ4n) is 3.91. The van der Waals surface area contributed by atoms with Gasteiger partial charge in [-0.15, -0.1) is 0 Å². The van der Waals surface area contributed by atoms with E-state index in [-0.39, 0.29) is 24.1 Å². The van der Waals surface area contributed by atoms with E-state index in [1.54, 1.807) is 30.1 Å². The molecule has 1 aliphatic carbocycles. The number of hydrogen-bond acceptors (Lipinski definition) is 3. The van der Waals surface area contributed by atoms with Gasteiger partial charge < -0.3 is 9.69 Å². The third-order valence-electron chi connectivity index (χ3n) is 5.39. The molecule has 0 radical (unpaired) electrons. The summed E-state index contributed by atoms with van der Waals surface area (Å²) in [6, 6.07) is 11.7. The van der Waals surface area contributed by atoms with Crippen LogP contribution in [0.1, 0.15) is 57.8 Å². The highest BCUT2D eigenvalue weighted by molar-refractivity contribution is 5.96. The summed E-state index contributed by atoms with van der Waals surface area (Å²) in [5.74, 6) is -0.687. The third kappa shape index (κ3) is 4.28. The lowest BCUT2D eigenvalue weighted by molar-refractivity contribution is -0.108. The molecule has 0 heterocycles. The molecule has 0 aromatic heterocycles. The number of carbonyl (C=O) groups is 2. The van der Waals surface area contributed by atoms with Crippen molar-refractivity contribution in [1.82, 2.24) is 4.90 Å². The van der Waals surface area contributed by atoms with Crippen LogP contribution in [0.3, 0.4) is 0 Å². The zero-order chi connectivity index (χ0) is 20.1. The summed E-state index contributed by atoms with van der Waals surface area (Å²) < 4.78 is 13.2. The number of halogens is 1. The molecule has 0 aliphatic heterocycles. The summed E-state index contributed by atoms with van der Waals surface area (Å²) in [7, 11) is 1.71. The van der Waals surface area contributed by atoms with Gasteiger partial charge in [-0.3, -0.25) is 4.79 Å². The molecule has 0 N–H and O–H groups in total. The van der Waals surface area contributed by atoms with Gasteiger partial charge in [0.25, 0.3) is 5.91 Å². The summed E-state index contributed by atoms with van der Waals surface area (Å²) in [5.41, 5.74) is 4.03. The Morgan fingerprint density at radius 3 is 2.64 bits per heavy atom. The first kappa shape index (κ1) is 19.8. The van der Waals surface area contributed by atoms with E-state index in [0.717, 1.165) is 48.7 Å². The first-order valence-corrected chi connectivity index (χ1v) is 9.54. The summed E-state index contributed by atoms with van der Waals surface area (Å²) in [6.45, 7) is 0.342. The zero-order valence-corrected chi connectivity index (χ0v) is 16.0. The summed E-state index contributed by atoms with van der Waals surface area (Å²) >= 11 is 0.